The van der Waals surface area contributed by atoms with E-state index in [1.54, 1.807) is 18.2 Å². The van der Waals surface area contributed by atoms with Crippen LogP contribution in [0.3, 0.4) is 0 Å². The molecule has 0 saturated carbocycles. The number of halogens is 2. The molecule has 0 spiro atoms. The summed E-state index contributed by atoms with van der Waals surface area (Å²) in [4.78, 5) is 11.8. The van der Waals surface area contributed by atoms with Crippen LogP contribution in [0.1, 0.15) is 17.3 Å². The first-order chi connectivity index (χ1) is 9.84. The molecule has 0 heterocycles. The lowest BCUT2D eigenvalue weighted by Crippen LogP contribution is -2.27. The second-order valence-corrected chi connectivity index (χ2v) is 6.76. The number of sulfone groups is 1. The molecule has 21 heavy (non-hydrogen) atoms. The van der Waals surface area contributed by atoms with E-state index in [2.05, 4.69) is 0 Å². The van der Waals surface area contributed by atoms with Crippen LogP contribution in [0.2, 0.25) is 0 Å². The van der Waals surface area contributed by atoms with E-state index in [1.165, 1.54) is 19.1 Å². The summed E-state index contributed by atoms with van der Waals surface area (Å²) >= 11 is 0. The molecule has 110 valence electrons. The smallest absolute Gasteiger partial charge is 0.188 e. The Kier molecular flexibility index (Phi) is 4.18. The predicted molar refractivity (Wildman–Crippen MR) is 73.8 cm³/mol. The Bertz CT molecular complexity index is 771. The van der Waals surface area contributed by atoms with Gasteiger partial charge >= 0.3 is 0 Å². The van der Waals surface area contributed by atoms with Gasteiger partial charge in [0, 0.05) is 5.56 Å². The zero-order valence-corrected chi connectivity index (χ0v) is 11.9. The minimum atomic E-state index is -4.08. The zero-order valence-electron chi connectivity index (χ0n) is 11.1. The van der Waals surface area contributed by atoms with Gasteiger partial charge < -0.3 is 0 Å². The van der Waals surface area contributed by atoms with Crippen molar-refractivity contribution in [2.24, 2.45) is 0 Å². The first-order valence-electron chi connectivity index (χ1n) is 6.12. The van der Waals surface area contributed by atoms with Gasteiger partial charge in [-0.25, -0.2) is 17.2 Å². The summed E-state index contributed by atoms with van der Waals surface area (Å²) in [6, 6.07) is 10.2. The fraction of sp³-hybridized carbons (Fsp3) is 0.133. The van der Waals surface area contributed by atoms with E-state index in [0.29, 0.717) is 6.07 Å². The molecule has 0 radical (unpaired) electrons. The Labute approximate surface area is 121 Å². The van der Waals surface area contributed by atoms with Gasteiger partial charge in [0.05, 0.1) is 4.90 Å². The number of carbonyl (C=O) groups is 1. The van der Waals surface area contributed by atoms with Gasteiger partial charge in [0.2, 0.25) is 0 Å². The Hall–Kier alpha value is -2.08. The average molecular weight is 310 g/mol. The average Bonchev–Trinajstić information content (AvgIpc) is 2.49. The number of benzene rings is 2. The molecule has 0 N–H and O–H groups in total. The van der Waals surface area contributed by atoms with Gasteiger partial charge in [-0.15, -0.1) is 0 Å². The quantitative estimate of drug-likeness (QED) is 0.644. The van der Waals surface area contributed by atoms with Gasteiger partial charge in [-0.1, -0.05) is 30.3 Å². The number of carbonyl (C=O) groups excluding carboxylic acids is 1. The molecule has 0 aromatic heterocycles. The molecular weight excluding hydrogens is 298 g/mol. The molecule has 0 aliphatic rings. The van der Waals surface area contributed by atoms with Crippen molar-refractivity contribution < 1.29 is 22.0 Å². The van der Waals surface area contributed by atoms with Gasteiger partial charge in [-0.2, -0.15) is 0 Å². The molecule has 6 heteroatoms. The largest absolute Gasteiger partial charge is 0.293 e. The van der Waals surface area contributed by atoms with Crippen molar-refractivity contribution in [3.8, 4) is 0 Å². The van der Waals surface area contributed by atoms with Crippen molar-refractivity contribution in [2.45, 2.75) is 17.1 Å². The van der Waals surface area contributed by atoms with Gasteiger partial charge in [0.25, 0.3) is 0 Å². The third-order valence-electron chi connectivity index (χ3n) is 3.11. The summed E-state index contributed by atoms with van der Waals surface area (Å²) in [6.07, 6.45) is 0. The lowest BCUT2D eigenvalue weighted by molar-refractivity contribution is 0.0991. The normalized spacial score (nSPS) is 12.9. The molecule has 1 atom stereocenters. The Morgan fingerprint density at radius 3 is 2.19 bits per heavy atom. The molecule has 0 fully saturated rings. The maximum absolute atomic E-state index is 13.2. The molecule has 2 aromatic rings. The van der Waals surface area contributed by atoms with Crippen LogP contribution in [-0.4, -0.2) is 19.5 Å². The van der Waals surface area contributed by atoms with Crippen LogP contribution in [0.5, 0.6) is 0 Å². The molecule has 0 amide bonds. The van der Waals surface area contributed by atoms with Crippen molar-refractivity contribution in [2.75, 3.05) is 0 Å². The standard InChI is InChI=1S/C15H12F2O3S/c1-10(15(18)11-5-3-2-4-6-11)21(19,20)12-7-8-13(16)14(17)9-12/h2-10H,1H3. The van der Waals surface area contributed by atoms with E-state index in [1.807, 2.05) is 0 Å². The second kappa shape index (κ2) is 5.73. The molecule has 0 aliphatic carbocycles. The second-order valence-electron chi connectivity index (χ2n) is 4.49. The van der Waals surface area contributed by atoms with Gasteiger partial charge in [0.1, 0.15) is 5.25 Å². The van der Waals surface area contributed by atoms with E-state index in [0.717, 1.165) is 12.1 Å². The summed E-state index contributed by atoms with van der Waals surface area (Å²) in [5.41, 5.74) is 0.246. The first-order valence-corrected chi connectivity index (χ1v) is 7.67. The molecule has 2 rings (SSSR count). The predicted octanol–water partition coefficient (Wildman–Crippen LogP) is 3.01. The molecule has 0 bridgehead atoms. The molecule has 3 nitrogen and oxygen atoms in total. The third-order valence-corrected chi connectivity index (χ3v) is 5.17. The Morgan fingerprint density at radius 1 is 1.00 bits per heavy atom. The van der Waals surface area contributed by atoms with Gasteiger partial charge in [-0.3, -0.25) is 4.79 Å². The third kappa shape index (κ3) is 3.00. The monoisotopic (exact) mass is 310 g/mol. The lowest BCUT2D eigenvalue weighted by atomic mass is 10.1. The molecule has 2 aromatic carbocycles. The zero-order chi connectivity index (χ0) is 15.6. The Morgan fingerprint density at radius 2 is 1.62 bits per heavy atom. The number of Topliss-reactive ketones (excluding diaryl/α,β-unsaturated/α-hetero) is 1. The summed E-state index contributed by atoms with van der Waals surface area (Å²) in [5, 5.41) is -1.38. The van der Waals surface area contributed by atoms with Crippen LogP contribution in [0.25, 0.3) is 0 Å². The van der Waals surface area contributed by atoms with Crippen LogP contribution in [-0.2, 0) is 9.84 Å². The number of rotatable bonds is 4. The number of hydrogen-bond donors (Lipinski definition) is 0. The summed E-state index contributed by atoms with van der Waals surface area (Å²) in [6.45, 7) is 1.23. The van der Waals surface area contributed by atoms with Crippen LogP contribution in [0, 0.1) is 11.6 Å². The highest BCUT2D eigenvalue weighted by molar-refractivity contribution is 7.92. The summed E-state index contributed by atoms with van der Waals surface area (Å²) < 4.78 is 50.6. The maximum Gasteiger partial charge on any atom is 0.188 e. The lowest BCUT2D eigenvalue weighted by Gasteiger charge is -2.12. The SMILES string of the molecule is CC(C(=O)c1ccccc1)S(=O)(=O)c1ccc(F)c(F)c1. The minimum absolute atomic E-state index is 0.246. The van der Waals surface area contributed by atoms with E-state index in [-0.39, 0.29) is 5.56 Å². The first kappa shape index (κ1) is 15.3. The highest BCUT2D eigenvalue weighted by Crippen LogP contribution is 2.21. The van der Waals surface area contributed by atoms with Crippen molar-refractivity contribution in [1.82, 2.24) is 0 Å². The molecule has 0 aliphatic heterocycles. The van der Waals surface area contributed by atoms with Crippen LogP contribution in [0.15, 0.2) is 53.4 Å². The van der Waals surface area contributed by atoms with Crippen LogP contribution >= 0.6 is 0 Å². The van der Waals surface area contributed by atoms with Crippen molar-refractivity contribution in [3.05, 3.63) is 65.7 Å². The van der Waals surface area contributed by atoms with E-state index in [4.69, 9.17) is 0 Å². The molecular formula is C15H12F2O3S. The fourth-order valence-electron chi connectivity index (χ4n) is 1.84. The van der Waals surface area contributed by atoms with E-state index < -0.39 is 37.4 Å². The van der Waals surface area contributed by atoms with Gasteiger partial charge in [-0.05, 0) is 25.1 Å². The number of ketones is 1. The van der Waals surface area contributed by atoms with Crippen molar-refractivity contribution >= 4 is 15.6 Å². The highest BCUT2D eigenvalue weighted by atomic mass is 32.2. The van der Waals surface area contributed by atoms with Crippen LogP contribution in [0.4, 0.5) is 8.78 Å². The van der Waals surface area contributed by atoms with Gasteiger partial charge in [0.15, 0.2) is 27.3 Å². The van der Waals surface area contributed by atoms with Crippen LogP contribution < -0.4 is 0 Å². The fourth-order valence-corrected chi connectivity index (χ4v) is 3.19. The number of hydrogen-bond acceptors (Lipinski definition) is 3. The molecule has 1 unspecified atom stereocenters. The van der Waals surface area contributed by atoms with Crippen molar-refractivity contribution in [1.29, 1.82) is 0 Å². The molecule has 0 saturated heterocycles. The van der Waals surface area contributed by atoms with E-state index in [9.17, 15) is 22.0 Å². The Balaban J connectivity index is 2.39. The topological polar surface area (TPSA) is 51.2 Å². The van der Waals surface area contributed by atoms with E-state index >= 15 is 0 Å². The maximum atomic E-state index is 13.2. The highest BCUT2D eigenvalue weighted by Gasteiger charge is 2.30. The minimum Gasteiger partial charge on any atom is -0.293 e. The summed E-state index contributed by atoms with van der Waals surface area (Å²) in [7, 11) is -4.08. The van der Waals surface area contributed by atoms with Crippen molar-refractivity contribution in [3.63, 3.8) is 0 Å². The summed E-state index contributed by atoms with van der Waals surface area (Å²) in [5.74, 6) is -3.01.